The predicted molar refractivity (Wildman–Crippen MR) is 103 cm³/mol. The van der Waals surface area contributed by atoms with E-state index >= 15 is 0 Å². The van der Waals surface area contributed by atoms with E-state index in [0.717, 1.165) is 25.7 Å². The van der Waals surface area contributed by atoms with E-state index in [2.05, 4.69) is 16.0 Å². The Hall–Kier alpha value is -2.61. The number of hydrogen-bond acceptors (Lipinski definition) is 5. The summed E-state index contributed by atoms with van der Waals surface area (Å²) in [5.74, 6) is -1.71. The highest BCUT2D eigenvalue weighted by Crippen LogP contribution is 2.17. The molecule has 0 aromatic heterocycles. The van der Waals surface area contributed by atoms with Gasteiger partial charge in [-0.2, -0.15) is 0 Å². The van der Waals surface area contributed by atoms with Gasteiger partial charge in [0.2, 0.25) is 0 Å². The number of halogens is 1. The van der Waals surface area contributed by atoms with Crippen molar-refractivity contribution in [3.8, 4) is 0 Å². The quantitative estimate of drug-likeness (QED) is 0.597. The summed E-state index contributed by atoms with van der Waals surface area (Å²) in [6.45, 7) is 1.43. The Kier molecular flexibility index (Phi) is 8.25. The lowest BCUT2D eigenvalue weighted by molar-refractivity contribution is -0.154. The Morgan fingerprint density at radius 3 is 2.43 bits per heavy atom. The van der Waals surface area contributed by atoms with Gasteiger partial charge in [-0.3, -0.25) is 19.7 Å². The highest BCUT2D eigenvalue weighted by atomic mass is 35.5. The van der Waals surface area contributed by atoms with E-state index in [1.807, 2.05) is 0 Å². The number of amides is 4. The molecule has 1 fully saturated rings. The van der Waals surface area contributed by atoms with Gasteiger partial charge in [0.1, 0.15) is 0 Å². The van der Waals surface area contributed by atoms with Crippen molar-refractivity contribution in [2.24, 2.45) is 0 Å². The molecule has 3 N–H and O–H groups in total. The van der Waals surface area contributed by atoms with Crippen molar-refractivity contribution < 1.29 is 23.9 Å². The lowest BCUT2D eigenvalue weighted by atomic mass is 10.2. The lowest BCUT2D eigenvalue weighted by Gasteiger charge is -2.15. The van der Waals surface area contributed by atoms with Gasteiger partial charge in [-0.05, 0) is 44.0 Å². The third kappa shape index (κ3) is 7.19. The molecular weight excluding hydrogens is 386 g/mol. The van der Waals surface area contributed by atoms with Crippen molar-refractivity contribution in [3.05, 3.63) is 34.9 Å². The minimum Gasteiger partial charge on any atom is -0.452 e. The van der Waals surface area contributed by atoms with E-state index in [1.165, 1.54) is 6.92 Å². The zero-order chi connectivity index (χ0) is 20.5. The number of imide groups is 1. The summed E-state index contributed by atoms with van der Waals surface area (Å²) < 4.78 is 4.99. The number of rotatable bonds is 7. The molecule has 0 spiro atoms. The molecule has 1 aliphatic rings. The van der Waals surface area contributed by atoms with Crippen LogP contribution in [0.15, 0.2) is 24.3 Å². The van der Waals surface area contributed by atoms with Gasteiger partial charge >= 0.3 is 12.0 Å². The molecule has 1 saturated carbocycles. The standard InChI is InChI=1S/C19H24ClN3O5/c1-12(17(25)23-19(27)22-15-4-2-3-5-15)28-16(24)10-11-21-18(26)13-6-8-14(20)9-7-13/h6-9,12,15H,2-5,10-11H2,1H3,(H,21,26)(H2,22,23,25,27)/t12-/m1/s1. The zero-order valence-electron chi connectivity index (χ0n) is 15.6. The second-order valence-corrected chi connectivity index (χ2v) is 7.03. The molecule has 0 heterocycles. The summed E-state index contributed by atoms with van der Waals surface area (Å²) in [4.78, 5) is 47.4. The van der Waals surface area contributed by atoms with E-state index in [-0.39, 0.29) is 24.9 Å². The topological polar surface area (TPSA) is 114 Å². The molecule has 0 radical (unpaired) electrons. The van der Waals surface area contributed by atoms with Crippen LogP contribution in [0, 0.1) is 0 Å². The summed E-state index contributed by atoms with van der Waals surface area (Å²) in [5.41, 5.74) is 0.416. The van der Waals surface area contributed by atoms with Crippen LogP contribution in [0.1, 0.15) is 49.4 Å². The van der Waals surface area contributed by atoms with E-state index in [1.54, 1.807) is 24.3 Å². The summed E-state index contributed by atoms with van der Waals surface area (Å²) in [7, 11) is 0. The smallest absolute Gasteiger partial charge is 0.321 e. The largest absolute Gasteiger partial charge is 0.452 e. The Morgan fingerprint density at radius 2 is 1.79 bits per heavy atom. The van der Waals surface area contributed by atoms with Crippen molar-refractivity contribution in [3.63, 3.8) is 0 Å². The molecule has 0 unspecified atom stereocenters. The lowest BCUT2D eigenvalue weighted by Crippen LogP contribution is -2.47. The van der Waals surface area contributed by atoms with Crippen molar-refractivity contribution >= 4 is 35.4 Å². The van der Waals surface area contributed by atoms with E-state index in [4.69, 9.17) is 16.3 Å². The number of hydrogen-bond donors (Lipinski definition) is 3. The maximum absolute atomic E-state index is 11.9. The Bertz CT molecular complexity index is 717. The maximum Gasteiger partial charge on any atom is 0.321 e. The first-order valence-corrected chi connectivity index (χ1v) is 9.57. The zero-order valence-corrected chi connectivity index (χ0v) is 16.4. The number of nitrogens with one attached hydrogen (secondary N) is 3. The average Bonchev–Trinajstić information content (AvgIpc) is 3.14. The fourth-order valence-corrected chi connectivity index (χ4v) is 2.92. The molecule has 1 atom stereocenters. The molecule has 4 amide bonds. The number of esters is 1. The van der Waals surface area contributed by atoms with Gasteiger partial charge in [-0.1, -0.05) is 24.4 Å². The van der Waals surface area contributed by atoms with Gasteiger partial charge in [-0.25, -0.2) is 4.79 Å². The number of carbonyl (C=O) groups is 4. The van der Waals surface area contributed by atoms with Crippen molar-refractivity contribution in [1.29, 1.82) is 0 Å². The monoisotopic (exact) mass is 409 g/mol. The highest BCUT2D eigenvalue weighted by molar-refractivity contribution is 6.30. The molecule has 8 nitrogen and oxygen atoms in total. The number of benzene rings is 1. The highest BCUT2D eigenvalue weighted by Gasteiger charge is 2.22. The first-order chi connectivity index (χ1) is 13.3. The molecule has 0 aliphatic heterocycles. The molecule has 1 aromatic carbocycles. The van der Waals surface area contributed by atoms with Gasteiger partial charge in [0.05, 0.1) is 6.42 Å². The predicted octanol–water partition coefficient (Wildman–Crippen LogP) is 2.16. The van der Waals surface area contributed by atoms with Gasteiger partial charge in [-0.15, -0.1) is 0 Å². The Morgan fingerprint density at radius 1 is 1.14 bits per heavy atom. The molecule has 1 aromatic rings. The summed E-state index contributed by atoms with van der Waals surface area (Å²) in [5, 5.41) is 7.98. The van der Waals surface area contributed by atoms with Crippen LogP contribution in [-0.4, -0.2) is 42.5 Å². The van der Waals surface area contributed by atoms with Crippen molar-refractivity contribution in [2.45, 2.75) is 51.2 Å². The number of carbonyl (C=O) groups excluding carboxylic acids is 4. The van der Waals surface area contributed by atoms with Crippen LogP contribution in [0.4, 0.5) is 4.79 Å². The molecule has 28 heavy (non-hydrogen) atoms. The van der Waals surface area contributed by atoms with Crippen molar-refractivity contribution in [2.75, 3.05) is 6.54 Å². The van der Waals surface area contributed by atoms with Gasteiger partial charge < -0.3 is 15.4 Å². The van der Waals surface area contributed by atoms with Gasteiger partial charge in [0, 0.05) is 23.2 Å². The van der Waals surface area contributed by atoms with Crippen LogP contribution in [-0.2, 0) is 14.3 Å². The normalized spacial score (nSPS) is 14.8. The molecular formula is C19H24ClN3O5. The molecule has 1 aliphatic carbocycles. The summed E-state index contributed by atoms with van der Waals surface area (Å²) in [6.07, 6.45) is 2.68. The third-order valence-electron chi connectivity index (χ3n) is 4.33. The van der Waals surface area contributed by atoms with Gasteiger partial charge in [0.25, 0.3) is 11.8 Å². The maximum atomic E-state index is 11.9. The molecule has 0 saturated heterocycles. The molecule has 2 rings (SSSR count). The second-order valence-electron chi connectivity index (χ2n) is 6.59. The van der Waals surface area contributed by atoms with Gasteiger partial charge in [0.15, 0.2) is 6.10 Å². The van der Waals surface area contributed by atoms with Crippen LogP contribution in [0.2, 0.25) is 5.02 Å². The fraction of sp³-hybridized carbons (Fsp3) is 0.474. The minimum absolute atomic E-state index is 0.0524. The van der Waals surface area contributed by atoms with E-state index in [9.17, 15) is 19.2 Å². The summed E-state index contributed by atoms with van der Waals surface area (Å²) >= 11 is 5.76. The Labute approximate surface area is 168 Å². The first-order valence-electron chi connectivity index (χ1n) is 9.19. The minimum atomic E-state index is -1.12. The SMILES string of the molecule is C[C@@H](OC(=O)CCNC(=O)c1ccc(Cl)cc1)C(=O)NC(=O)NC1CCCC1. The van der Waals surface area contributed by atoms with Crippen LogP contribution >= 0.6 is 11.6 Å². The number of urea groups is 1. The van der Waals surface area contributed by atoms with E-state index in [0.29, 0.717) is 10.6 Å². The van der Waals surface area contributed by atoms with Crippen LogP contribution in [0.3, 0.4) is 0 Å². The number of ether oxygens (including phenoxy) is 1. The molecule has 0 bridgehead atoms. The van der Waals surface area contributed by atoms with E-state index < -0.39 is 24.0 Å². The third-order valence-corrected chi connectivity index (χ3v) is 4.58. The fourth-order valence-electron chi connectivity index (χ4n) is 2.80. The van der Waals surface area contributed by atoms with Crippen LogP contribution in [0.5, 0.6) is 0 Å². The second kappa shape index (κ2) is 10.7. The average molecular weight is 410 g/mol. The summed E-state index contributed by atoms with van der Waals surface area (Å²) in [6, 6.07) is 5.81. The molecule has 9 heteroatoms. The van der Waals surface area contributed by atoms with Crippen LogP contribution in [0.25, 0.3) is 0 Å². The van der Waals surface area contributed by atoms with Crippen LogP contribution < -0.4 is 16.0 Å². The first kappa shape index (κ1) is 21.7. The van der Waals surface area contributed by atoms with Crippen molar-refractivity contribution in [1.82, 2.24) is 16.0 Å². The Balaban J connectivity index is 1.65. The molecule has 152 valence electrons.